The number of rotatable bonds is 8. The minimum atomic E-state index is -4.16. The molecule has 1 aliphatic rings. The number of non-ortho nitro benzene ring substituents is 1. The van der Waals surface area contributed by atoms with Crippen LogP contribution in [0.3, 0.4) is 0 Å². The van der Waals surface area contributed by atoms with Gasteiger partial charge in [0.1, 0.15) is 10.6 Å². The van der Waals surface area contributed by atoms with E-state index in [2.05, 4.69) is 9.82 Å². The van der Waals surface area contributed by atoms with Crippen molar-refractivity contribution in [3.8, 4) is 11.6 Å². The highest BCUT2D eigenvalue weighted by Crippen LogP contribution is 2.37. The number of nitro groups is 1. The number of amides is 1. The third-order valence-electron chi connectivity index (χ3n) is 5.81. The number of aromatic nitrogens is 2. The summed E-state index contributed by atoms with van der Waals surface area (Å²) in [6, 6.07) is 2.98. The highest BCUT2D eigenvalue weighted by atomic mass is 32.2. The molecular weight excluding hydrogens is 490 g/mol. The Kier molecular flexibility index (Phi) is 8.06. The SMILES string of the molecule is CC[C@H](C)NS(=O)(=O)c1cc([N+](=O)[O-])ccc1Oc1c(C)c(C(=O)N2CCOCC2)nn1C(C)(C)C. The number of carbonyl (C=O) groups excluding carboxylic acids is 1. The minimum Gasteiger partial charge on any atom is -0.438 e. The van der Waals surface area contributed by atoms with Crippen molar-refractivity contribution in [3.05, 3.63) is 39.6 Å². The van der Waals surface area contributed by atoms with E-state index < -0.39 is 32.2 Å². The summed E-state index contributed by atoms with van der Waals surface area (Å²) in [5, 5.41) is 15.9. The van der Waals surface area contributed by atoms with E-state index in [4.69, 9.17) is 9.47 Å². The Balaban J connectivity index is 2.12. The maximum Gasteiger partial charge on any atom is 0.274 e. The number of carbonyl (C=O) groups is 1. The van der Waals surface area contributed by atoms with Crippen LogP contribution in [0.5, 0.6) is 11.6 Å². The van der Waals surface area contributed by atoms with Crippen LogP contribution in [-0.2, 0) is 20.3 Å². The Morgan fingerprint density at radius 3 is 2.50 bits per heavy atom. The molecule has 0 bridgehead atoms. The molecule has 1 aromatic heterocycles. The van der Waals surface area contributed by atoms with Crippen molar-refractivity contribution in [1.29, 1.82) is 0 Å². The lowest BCUT2D eigenvalue weighted by atomic mass is 10.1. The van der Waals surface area contributed by atoms with Crippen molar-refractivity contribution in [2.45, 2.75) is 64.4 Å². The summed E-state index contributed by atoms with van der Waals surface area (Å²) < 4.78 is 41.8. The largest absolute Gasteiger partial charge is 0.438 e. The average Bonchev–Trinajstić information content (AvgIpc) is 3.15. The zero-order valence-corrected chi connectivity index (χ0v) is 22.2. The molecule has 0 unspecified atom stereocenters. The normalized spacial score (nSPS) is 15.6. The Morgan fingerprint density at radius 2 is 1.94 bits per heavy atom. The van der Waals surface area contributed by atoms with Gasteiger partial charge in [0.15, 0.2) is 5.69 Å². The molecule has 1 atom stereocenters. The third-order valence-corrected chi connectivity index (χ3v) is 7.42. The van der Waals surface area contributed by atoms with Crippen molar-refractivity contribution < 1.29 is 27.6 Å². The number of sulfonamides is 1. The smallest absolute Gasteiger partial charge is 0.274 e. The quantitative estimate of drug-likeness (QED) is 0.410. The number of hydrogen-bond acceptors (Lipinski definition) is 8. The summed E-state index contributed by atoms with van der Waals surface area (Å²) in [7, 11) is -4.16. The van der Waals surface area contributed by atoms with E-state index in [0.29, 0.717) is 38.3 Å². The molecule has 0 saturated carbocycles. The molecule has 1 saturated heterocycles. The van der Waals surface area contributed by atoms with Gasteiger partial charge in [0, 0.05) is 36.8 Å². The molecule has 0 radical (unpaired) electrons. The van der Waals surface area contributed by atoms with E-state index in [-0.39, 0.29) is 28.1 Å². The summed E-state index contributed by atoms with van der Waals surface area (Å²) in [5.74, 6) is -0.221. The van der Waals surface area contributed by atoms with Crippen molar-refractivity contribution in [1.82, 2.24) is 19.4 Å². The maximum atomic E-state index is 13.2. The summed E-state index contributed by atoms with van der Waals surface area (Å²) in [6.45, 7) is 12.5. The zero-order valence-electron chi connectivity index (χ0n) is 21.4. The number of nitro benzene ring substituents is 1. The van der Waals surface area contributed by atoms with Crippen LogP contribution in [0.2, 0.25) is 0 Å². The number of benzene rings is 1. The van der Waals surface area contributed by atoms with Crippen LogP contribution in [0.4, 0.5) is 5.69 Å². The lowest BCUT2D eigenvalue weighted by Crippen LogP contribution is -2.41. The first-order valence-electron chi connectivity index (χ1n) is 11.7. The highest BCUT2D eigenvalue weighted by molar-refractivity contribution is 7.89. The molecule has 36 heavy (non-hydrogen) atoms. The van der Waals surface area contributed by atoms with Gasteiger partial charge in [-0.05, 0) is 47.1 Å². The summed E-state index contributed by atoms with van der Waals surface area (Å²) >= 11 is 0. The maximum absolute atomic E-state index is 13.2. The van der Waals surface area contributed by atoms with E-state index in [1.165, 1.54) is 16.8 Å². The van der Waals surface area contributed by atoms with Crippen LogP contribution in [0.25, 0.3) is 0 Å². The van der Waals surface area contributed by atoms with Gasteiger partial charge in [-0.15, -0.1) is 0 Å². The molecule has 12 nitrogen and oxygen atoms in total. The number of nitrogens with zero attached hydrogens (tertiary/aromatic N) is 4. The standard InChI is InChI=1S/C23H33N5O7S/c1-7-15(2)25-36(32,33)19-14-17(28(30)31)8-9-18(19)35-22-16(3)20(24-27(22)23(4,5)6)21(29)26-10-12-34-13-11-26/h8-9,14-15,25H,7,10-13H2,1-6H3/t15-/m0/s1. The van der Waals surface area contributed by atoms with Gasteiger partial charge in [-0.3, -0.25) is 14.9 Å². The predicted octanol–water partition coefficient (Wildman–Crippen LogP) is 3.20. The Labute approximate surface area is 210 Å². The third kappa shape index (κ3) is 5.85. The second kappa shape index (κ2) is 10.5. The van der Waals surface area contributed by atoms with Gasteiger partial charge >= 0.3 is 0 Å². The average molecular weight is 524 g/mol. The molecular formula is C23H33N5O7S. The number of morpholine rings is 1. The predicted molar refractivity (Wildman–Crippen MR) is 132 cm³/mol. The van der Waals surface area contributed by atoms with Crippen LogP contribution < -0.4 is 9.46 Å². The van der Waals surface area contributed by atoms with Crippen molar-refractivity contribution in [3.63, 3.8) is 0 Å². The van der Waals surface area contributed by atoms with Crippen LogP contribution in [0, 0.1) is 17.0 Å². The van der Waals surface area contributed by atoms with Crippen LogP contribution in [0.15, 0.2) is 23.1 Å². The van der Waals surface area contributed by atoms with E-state index >= 15 is 0 Å². The molecule has 1 amide bonds. The fourth-order valence-corrected chi connectivity index (χ4v) is 5.07. The second-order valence-corrected chi connectivity index (χ2v) is 11.4. The highest BCUT2D eigenvalue weighted by Gasteiger charge is 2.32. The van der Waals surface area contributed by atoms with Crippen LogP contribution >= 0.6 is 0 Å². The van der Waals surface area contributed by atoms with Crippen LogP contribution in [-0.4, -0.2) is 66.3 Å². The van der Waals surface area contributed by atoms with E-state index in [1.54, 1.807) is 18.7 Å². The molecule has 3 rings (SSSR count). The molecule has 2 heterocycles. The first-order valence-corrected chi connectivity index (χ1v) is 13.2. The number of nitrogens with one attached hydrogen (secondary N) is 1. The summed E-state index contributed by atoms with van der Waals surface area (Å²) in [5.41, 5.74) is -0.404. The lowest BCUT2D eigenvalue weighted by molar-refractivity contribution is -0.385. The Bertz CT molecular complexity index is 1240. The van der Waals surface area contributed by atoms with Crippen LogP contribution in [0.1, 0.15) is 57.1 Å². The van der Waals surface area contributed by atoms with Gasteiger partial charge < -0.3 is 14.4 Å². The van der Waals surface area contributed by atoms with Gasteiger partial charge in [0.2, 0.25) is 15.9 Å². The second-order valence-electron chi connectivity index (χ2n) is 9.69. The molecule has 1 N–H and O–H groups in total. The fraction of sp³-hybridized carbons (Fsp3) is 0.565. The van der Waals surface area contributed by atoms with Crippen molar-refractivity contribution >= 4 is 21.6 Å². The van der Waals surface area contributed by atoms with Gasteiger partial charge in [-0.1, -0.05) is 6.92 Å². The van der Waals surface area contributed by atoms with Crippen molar-refractivity contribution in [2.24, 2.45) is 0 Å². The molecule has 0 spiro atoms. The Morgan fingerprint density at radius 1 is 1.31 bits per heavy atom. The zero-order chi connectivity index (χ0) is 26.8. The van der Waals surface area contributed by atoms with E-state index in [0.717, 1.165) is 6.07 Å². The van der Waals surface area contributed by atoms with E-state index in [1.807, 2.05) is 27.7 Å². The molecule has 0 aliphatic carbocycles. The molecule has 1 fully saturated rings. The molecule has 1 aliphatic heterocycles. The number of ether oxygens (including phenoxy) is 2. The monoisotopic (exact) mass is 523 g/mol. The summed E-state index contributed by atoms with van der Waals surface area (Å²) in [4.78, 5) is 25.2. The molecule has 1 aromatic carbocycles. The van der Waals surface area contributed by atoms with Gasteiger partial charge in [-0.2, -0.15) is 5.10 Å². The minimum absolute atomic E-state index is 0.115. The molecule has 2 aromatic rings. The van der Waals surface area contributed by atoms with Gasteiger partial charge in [0.05, 0.1) is 23.7 Å². The first-order chi connectivity index (χ1) is 16.8. The lowest BCUT2D eigenvalue weighted by Gasteiger charge is -2.26. The van der Waals surface area contributed by atoms with Crippen molar-refractivity contribution in [2.75, 3.05) is 26.3 Å². The van der Waals surface area contributed by atoms with Gasteiger partial charge in [-0.25, -0.2) is 17.8 Å². The summed E-state index contributed by atoms with van der Waals surface area (Å²) in [6.07, 6.45) is 0.521. The number of hydrogen-bond donors (Lipinski definition) is 1. The fourth-order valence-electron chi connectivity index (χ4n) is 3.59. The topological polar surface area (TPSA) is 146 Å². The van der Waals surface area contributed by atoms with E-state index in [9.17, 15) is 23.3 Å². The van der Waals surface area contributed by atoms with Gasteiger partial charge in [0.25, 0.3) is 11.6 Å². The molecule has 198 valence electrons. The Hall–Kier alpha value is -3.03. The first kappa shape index (κ1) is 27.6. The molecule has 13 heteroatoms.